The lowest BCUT2D eigenvalue weighted by Gasteiger charge is -2.39. The number of hydrogen-bond donors (Lipinski definition) is 2. The minimum absolute atomic E-state index is 0.0553. The highest BCUT2D eigenvalue weighted by Gasteiger charge is 2.30. The Morgan fingerprint density at radius 1 is 1.26 bits per heavy atom. The molecule has 1 atom stereocenters. The van der Waals surface area contributed by atoms with Gasteiger partial charge in [-0.05, 0) is 50.1 Å². The van der Waals surface area contributed by atoms with Crippen LogP contribution in [0.5, 0.6) is 0 Å². The van der Waals surface area contributed by atoms with Crippen LogP contribution in [0.2, 0.25) is 0 Å². The van der Waals surface area contributed by atoms with Crippen LogP contribution in [0.25, 0.3) is 11.3 Å². The zero-order valence-corrected chi connectivity index (χ0v) is 17.4. The van der Waals surface area contributed by atoms with Crippen LogP contribution >= 0.6 is 0 Å². The molecule has 1 unspecified atom stereocenters. The third kappa shape index (κ3) is 4.56. The van der Waals surface area contributed by atoms with E-state index in [1.54, 1.807) is 42.7 Å². The van der Waals surface area contributed by atoms with E-state index in [0.717, 1.165) is 30.6 Å². The molecule has 3 aromatic rings. The first-order valence-corrected chi connectivity index (χ1v) is 10.3. The maximum atomic E-state index is 14.2. The number of aliphatic hydroxyl groups is 1. The van der Waals surface area contributed by atoms with Gasteiger partial charge in [-0.3, -0.25) is 9.78 Å². The molecule has 1 aromatic carbocycles. The van der Waals surface area contributed by atoms with Crippen molar-refractivity contribution in [2.45, 2.75) is 31.8 Å². The van der Waals surface area contributed by atoms with Crippen molar-refractivity contribution in [1.29, 1.82) is 0 Å². The molecule has 1 aliphatic heterocycles. The van der Waals surface area contributed by atoms with Gasteiger partial charge in [-0.15, -0.1) is 0 Å². The molecular formula is C24H25FN4O2. The Balaban J connectivity index is 1.63. The largest absolute Gasteiger partial charge is 0.397 e. The van der Waals surface area contributed by atoms with Gasteiger partial charge in [0.1, 0.15) is 11.5 Å². The molecule has 4 rings (SSSR count). The number of ketones is 1. The maximum Gasteiger partial charge on any atom is 0.187 e. The molecule has 0 spiro atoms. The number of rotatable bonds is 5. The smallest absolute Gasteiger partial charge is 0.187 e. The van der Waals surface area contributed by atoms with Crippen molar-refractivity contribution < 1.29 is 14.3 Å². The summed E-state index contributed by atoms with van der Waals surface area (Å²) < 4.78 is 14.2. The first-order valence-electron chi connectivity index (χ1n) is 10.3. The van der Waals surface area contributed by atoms with Gasteiger partial charge >= 0.3 is 0 Å². The average Bonchev–Trinajstić information content (AvgIpc) is 2.74. The molecule has 7 heteroatoms. The van der Waals surface area contributed by atoms with Crippen LogP contribution in [-0.4, -0.2) is 39.5 Å². The zero-order valence-electron chi connectivity index (χ0n) is 17.4. The topological polar surface area (TPSA) is 92.3 Å². The van der Waals surface area contributed by atoms with Crippen LogP contribution in [0.4, 0.5) is 15.8 Å². The monoisotopic (exact) mass is 420 g/mol. The number of carbonyl (C=O) groups is 1. The molecule has 0 aliphatic carbocycles. The van der Waals surface area contributed by atoms with Crippen molar-refractivity contribution in [2.75, 3.05) is 23.7 Å². The van der Waals surface area contributed by atoms with Gasteiger partial charge in [-0.1, -0.05) is 12.1 Å². The maximum absolute atomic E-state index is 14.2. The summed E-state index contributed by atoms with van der Waals surface area (Å²) in [7, 11) is 0. The second-order valence-electron chi connectivity index (χ2n) is 8.24. The van der Waals surface area contributed by atoms with E-state index in [1.807, 2.05) is 13.0 Å². The van der Waals surface area contributed by atoms with Crippen molar-refractivity contribution in [2.24, 2.45) is 0 Å². The summed E-state index contributed by atoms with van der Waals surface area (Å²) >= 11 is 0. The van der Waals surface area contributed by atoms with E-state index >= 15 is 0 Å². The summed E-state index contributed by atoms with van der Waals surface area (Å²) in [5.74, 6) is -0.682. The molecule has 31 heavy (non-hydrogen) atoms. The van der Waals surface area contributed by atoms with E-state index in [-0.39, 0.29) is 23.6 Å². The van der Waals surface area contributed by atoms with E-state index in [0.29, 0.717) is 17.8 Å². The number of carbonyl (C=O) groups excluding carboxylic acids is 1. The number of benzene rings is 1. The molecule has 2 aromatic heterocycles. The Bertz CT molecular complexity index is 1120. The Labute approximate surface area is 180 Å². The molecule has 1 saturated heterocycles. The summed E-state index contributed by atoms with van der Waals surface area (Å²) in [6, 6.07) is 11.3. The predicted octanol–water partition coefficient (Wildman–Crippen LogP) is 3.64. The van der Waals surface area contributed by atoms with Crippen LogP contribution in [0, 0.1) is 5.82 Å². The Hall–Kier alpha value is -3.32. The molecular weight excluding hydrogens is 395 g/mol. The lowest BCUT2D eigenvalue weighted by molar-refractivity contribution is 0.0449. The van der Waals surface area contributed by atoms with Crippen molar-refractivity contribution in [3.05, 3.63) is 71.9 Å². The first-order chi connectivity index (χ1) is 14.8. The van der Waals surface area contributed by atoms with E-state index < -0.39 is 11.4 Å². The average molecular weight is 420 g/mol. The van der Waals surface area contributed by atoms with Gasteiger partial charge in [0.15, 0.2) is 5.78 Å². The SMILES string of the molecule is CC1(O)CCCN(c2ccncc2CC(=O)c2nc(-c3ccccc3F)ccc2N)C1. The minimum Gasteiger partial charge on any atom is -0.397 e. The highest BCUT2D eigenvalue weighted by molar-refractivity contribution is 6.01. The molecule has 0 amide bonds. The molecule has 1 aliphatic rings. The normalized spacial score (nSPS) is 18.7. The van der Waals surface area contributed by atoms with E-state index in [1.165, 1.54) is 6.07 Å². The van der Waals surface area contributed by atoms with Gasteiger partial charge in [-0.2, -0.15) is 0 Å². The van der Waals surface area contributed by atoms with Gasteiger partial charge < -0.3 is 15.7 Å². The zero-order chi connectivity index (χ0) is 22.0. The number of nitrogens with zero attached hydrogens (tertiary/aromatic N) is 3. The van der Waals surface area contributed by atoms with Crippen LogP contribution in [0.3, 0.4) is 0 Å². The fraction of sp³-hybridized carbons (Fsp3) is 0.292. The third-order valence-corrected chi connectivity index (χ3v) is 5.58. The molecule has 6 nitrogen and oxygen atoms in total. The lowest BCUT2D eigenvalue weighted by atomic mass is 9.94. The van der Waals surface area contributed by atoms with Gasteiger partial charge in [-0.25, -0.2) is 9.37 Å². The standard InChI is InChI=1S/C24H25FN4O2/c1-24(31)10-4-12-29(15-24)21-9-11-27-14-16(21)13-22(30)23-19(26)7-8-20(28-23)17-5-2-3-6-18(17)25/h2-3,5-9,11,14,31H,4,10,12-13,15,26H2,1H3. The highest BCUT2D eigenvalue weighted by Crippen LogP contribution is 2.29. The van der Waals surface area contributed by atoms with Gasteiger partial charge in [0.05, 0.1) is 17.0 Å². The Morgan fingerprint density at radius 3 is 2.84 bits per heavy atom. The Morgan fingerprint density at radius 2 is 2.06 bits per heavy atom. The van der Waals surface area contributed by atoms with Crippen molar-refractivity contribution >= 4 is 17.2 Å². The molecule has 160 valence electrons. The number of nitrogens with two attached hydrogens (primary N) is 1. The van der Waals surface area contributed by atoms with E-state index in [4.69, 9.17) is 5.73 Å². The molecule has 1 fully saturated rings. The van der Waals surface area contributed by atoms with Crippen LogP contribution in [0.15, 0.2) is 54.9 Å². The quantitative estimate of drug-likeness (QED) is 0.612. The summed E-state index contributed by atoms with van der Waals surface area (Å²) in [5.41, 5.74) is 7.90. The number of β-amino-alcohol motifs (C(OH)–C–C–N with tert-alkyl or cyclic N) is 1. The molecule has 3 heterocycles. The second kappa shape index (κ2) is 8.43. The fourth-order valence-corrected chi connectivity index (χ4v) is 4.06. The van der Waals surface area contributed by atoms with Crippen LogP contribution < -0.4 is 10.6 Å². The molecule has 0 radical (unpaired) electrons. The van der Waals surface area contributed by atoms with Gasteiger partial charge in [0.25, 0.3) is 0 Å². The van der Waals surface area contributed by atoms with Crippen molar-refractivity contribution in [3.8, 4) is 11.3 Å². The number of hydrogen-bond acceptors (Lipinski definition) is 6. The Kier molecular flexibility index (Phi) is 5.69. The first kappa shape index (κ1) is 20.9. The van der Waals surface area contributed by atoms with Crippen molar-refractivity contribution in [1.82, 2.24) is 9.97 Å². The highest BCUT2D eigenvalue weighted by atomic mass is 19.1. The molecule has 3 N–H and O–H groups in total. The van der Waals surface area contributed by atoms with Gasteiger partial charge in [0, 0.05) is 48.7 Å². The number of halogens is 1. The number of Topliss-reactive ketones (excluding diaryl/α,β-unsaturated/α-hetero) is 1. The van der Waals surface area contributed by atoms with Gasteiger partial charge in [0.2, 0.25) is 0 Å². The van der Waals surface area contributed by atoms with E-state index in [9.17, 15) is 14.3 Å². The third-order valence-electron chi connectivity index (χ3n) is 5.58. The summed E-state index contributed by atoms with van der Waals surface area (Å²) in [6.45, 7) is 3.11. The molecule has 0 saturated carbocycles. The summed E-state index contributed by atoms with van der Waals surface area (Å²) in [4.78, 5) is 23.8. The number of pyridine rings is 2. The predicted molar refractivity (Wildman–Crippen MR) is 118 cm³/mol. The number of piperidine rings is 1. The number of aromatic nitrogens is 2. The summed E-state index contributed by atoms with van der Waals surface area (Å²) in [5, 5.41) is 10.5. The number of nitrogen functional groups attached to an aromatic ring is 1. The number of anilines is 2. The lowest BCUT2D eigenvalue weighted by Crippen LogP contribution is -2.46. The van der Waals surface area contributed by atoms with E-state index in [2.05, 4.69) is 14.9 Å². The summed E-state index contributed by atoms with van der Waals surface area (Å²) in [6.07, 6.45) is 5.00. The fourth-order valence-electron chi connectivity index (χ4n) is 4.06. The van der Waals surface area contributed by atoms with Crippen LogP contribution in [0.1, 0.15) is 35.8 Å². The second-order valence-corrected chi connectivity index (χ2v) is 8.24. The minimum atomic E-state index is -0.775. The molecule has 0 bridgehead atoms. The van der Waals surface area contributed by atoms with Crippen LogP contribution in [-0.2, 0) is 6.42 Å². The van der Waals surface area contributed by atoms with Crippen molar-refractivity contribution in [3.63, 3.8) is 0 Å².